The van der Waals surface area contributed by atoms with Gasteiger partial charge in [0.1, 0.15) is 25.4 Å². The highest BCUT2D eigenvalue weighted by molar-refractivity contribution is 4.63. The average Bonchev–Trinajstić information content (AvgIpc) is 2.09. The summed E-state index contributed by atoms with van der Waals surface area (Å²) in [5.41, 5.74) is 0. The molecule has 2 N–H and O–H groups in total. The molecule has 0 aromatic heterocycles. The van der Waals surface area contributed by atoms with E-state index in [0.29, 0.717) is 0 Å². The summed E-state index contributed by atoms with van der Waals surface area (Å²) in [4.78, 5) is 26.7. The minimum atomic E-state index is -1.62. The van der Waals surface area contributed by atoms with E-state index in [-0.39, 0.29) is 0 Å². The Kier molecular flexibility index (Phi) is 5.17. The van der Waals surface area contributed by atoms with E-state index in [0.717, 1.165) is 0 Å². The van der Waals surface area contributed by atoms with Gasteiger partial charge in [0.05, 0.1) is 0 Å². The van der Waals surface area contributed by atoms with Crippen LogP contribution < -0.4 is 0 Å². The summed E-state index contributed by atoms with van der Waals surface area (Å²) in [6, 6.07) is 0. The smallest absolute Gasteiger partial charge is 0.294 e. The fourth-order valence-electron chi connectivity index (χ4n) is 0.497. The Balaban J connectivity index is 3.69. The topological polar surface area (TPSA) is 145 Å². The van der Waals surface area contributed by atoms with Crippen LogP contribution in [0.25, 0.3) is 0 Å². The molecule has 0 radical (unpaired) electrons. The molecule has 2 atom stereocenters. The molecule has 0 rings (SSSR count). The predicted octanol–water partition coefficient (Wildman–Crippen LogP) is -1.88. The molecule has 10 heteroatoms. The molecule has 0 aromatic rings. The molecular weight excluding hydrogens is 204 g/mol. The molecule has 0 unspecified atom stereocenters. The zero-order valence-electron chi connectivity index (χ0n) is 6.81. The highest BCUT2D eigenvalue weighted by Gasteiger charge is 2.19. The molecule has 14 heavy (non-hydrogen) atoms. The van der Waals surface area contributed by atoms with E-state index in [1.165, 1.54) is 0 Å². The normalized spacial score (nSPS) is 14.1. The lowest BCUT2D eigenvalue weighted by Crippen LogP contribution is -2.35. The summed E-state index contributed by atoms with van der Waals surface area (Å²) in [5.74, 6) is 0. The Morgan fingerprint density at radius 2 is 1.29 bits per heavy atom. The van der Waals surface area contributed by atoms with Crippen LogP contribution in [0.3, 0.4) is 0 Å². The van der Waals surface area contributed by atoms with Gasteiger partial charge in [-0.15, -0.1) is 20.2 Å². The highest BCUT2D eigenvalue weighted by Crippen LogP contribution is 1.96. The van der Waals surface area contributed by atoms with Crippen molar-refractivity contribution in [1.82, 2.24) is 0 Å². The molecule has 0 aromatic carbocycles. The fourth-order valence-corrected chi connectivity index (χ4v) is 0.497. The van der Waals surface area contributed by atoms with E-state index in [9.17, 15) is 20.2 Å². The monoisotopic (exact) mass is 212 g/mol. The first-order valence-corrected chi connectivity index (χ1v) is 3.34. The van der Waals surface area contributed by atoms with E-state index >= 15 is 0 Å². The van der Waals surface area contributed by atoms with Crippen LogP contribution in [0, 0.1) is 20.2 Å². The number of aliphatic hydroxyl groups excluding tert-OH is 2. The molecule has 0 saturated heterocycles. The van der Waals surface area contributed by atoms with Gasteiger partial charge in [-0.1, -0.05) is 0 Å². The van der Waals surface area contributed by atoms with Crippen molar-refractivity contribution in [3.05, 3.63) is 20.2 Å². The third-order valence-electron chi connectivity index (χ3n) is 1.15. The molecule has 0 aliphatic heterocycles. The second-order valence-electron chi connectivity index (χ2n) is 2.17. The molecule has 0 saturated carbocycles. The van der Waals surface area contributed by atoms with Crippen molar-refractivity contribution in [2.45, 2.75) is 12.2 Å². The summed E-state index contributed by atoms with van der Waals surface area (Å²) in [6.07, 6.45) is -3.25. The summed E-state index contributed by atoms with van der Waals surface area (Å²) < 4.78 is 0. The number of rotatable bonds is 7. The van der Waals surface area contributed by atoms with Gasteiger partial charge in [-0.25, -0.2) is 0 Å². The maximum atomic E-state index is 9.64. The molecule has 0 bridgehead atoms. The lowest BCUT2D eigenvalue weighted by molar-refractivity contribution is -0.763. The van der Waals surface area contributed by atoms with Crippen LogP contribution in [-0.2, 0) is 9.68 Å². The first-order valence-electron chi connectivity index (χ1n) is 3.34. The molecule has 0 amide bonds. The van der Waals surface area contributed by atoms with Crippen molar-refractivity contribution in [3.8, 4) is 0 Å². The van der Waals surface area contributed by atoms with Gasteiger partial charge in [0.25, 0.3) is 10.2 Å². The molecule has 82 valence electrons. The van der Waals surface area contributed by atoms with Gasteiger partial charge in [0.15, 0.2) is 0 Å². The lowest BCUT2D eigenvalue weighted by Gasteiger charge is -2.14. The first kappa shape index (κ1) is 12.3. The standard InChI is InChI=1S/C4H8N2O8/c7-3(1-13-5(9)10)4(8)2-14-6(11)12/h3-4,7-8H,1-2H2/t3-,4-/m0/s1. The molecule has 0 fully saturated rings. The van der Waals surface area contributed by atoms with E-state index in [1.54, 1.807) is 0 Å². The largest absolute Gasteiger partial charge is 0.388 e. The molecule has 0 heterocycles. The summed E-state index contributed by atoms with van der Waals surface area (Å²) in [6.45, 7) is -1.56. The third kappa shape index (κ3) is 5.91. The van der Waals surface area contributed by atoms with Gasteiger partial charge >= 0.3 is 0 Å². The Morgan fingerprint density at radius 1 is 1.00 bits per heavy atom. The van der Waals surface area contributed by atoms with Crippen molar-refractivity contribution in [1.29, 1.82) is 0 Å². The van der Waals surface area contributed by atoms with E-state index in [2.05, 4.69) is 9.68 Å². The van der Waals surface area contributed by atoms with E-state index in [1.807, 2.05) is 0 Å². The molecule has 0 spiro atoms. The van der Waals surface area contributed by atoms with Crippen LogP contribution in [0.5, 0.6) is 0 Å². The number of nitrogens with zero attached hydrogens (tertiary/aromatic N) is 2. The van der Waals surface area contributed by atoms with Crippen LogP contribution in [0.1, 0.15) is 0 Å². The fraction of sp³-hybridized carbons (Fsp3) is 1.00. The maximum absolute atomic E-state index is 9.64. The van der Waals surface area contributed by atoms with Crippen molar-refractivity contribution in [2.75, 3.05) is 13.2 Å². The van der Waals surface area contributed by atoms with E-state index in [4.69, 9.17) is 10.2 Å². The number of hydrogen-bond donors (Lipinski definition) is 2. The first-order chi connectivity index (χ1) is 6.43. The average molecular weight is 212 g/mol. The second kappa shape index (κ2) is 5.88. The lowest BCUT2D eigenvalue weighted by atomic mass is 10.2. The minimum absolute atomic E-state index is 0.782. The summed E-state index contributed by atoms with van der Waals surface area (Å²) in [5, 5.41) is 34.8. The van der Waals surface area contributed by atoms with Crippen molar-refractivity contribution in [3.63, 3.8) is 0 Å². The van der Waals surface area contributed by atoms with Crippen molar-refractivity contribution >= 4 is 0 Å². The van der Waals surface area contributed by atoms with Gasteiger partial charge in [-0.05, 0) is 0 Å². The Hall–Kier alpha value is -1.68. The predicted molar refractivity (Wildman–Crippen MR) is 37.9 cm³/mol. The van der Waals surface area contributed by atoms with Crippen LogP contribution >= 0.6 is 0 Å². The Morgan fingerprint density at radius 3 is 1.50 bits per heavy atom. The zero-order chi connectivity index (χ0) is 11.1. The van der Waals surface area contributed by atoms with Crippen LogP contribution in [-0.4, -0.2) is 45.8 Å². The van der Waals surface area contributed by atoms with Gasteiger partial charge in [0, 0.05) is 0 Å². The van der Waals surface area contributed by atoms with Crippen LogP contribution in [0.15, 0.2) is 0 Å². The minimum Gasteiger partial charge on any atom is -0.388 e. The Bertz CT molecular complexity index is 186. The third-order valence-corrected chi connectivity index (χ3v) is 1.15. The van der Waals surface area contributed by atoms with Crippen molar-refractivity contribution in [2.24, 2.45) is 0 Å². The van der Waals surface area contributed by atoms with Gasteiger partial charge < -0.3 is 19.9 Å². The molecular formula is C4H8N2O8. The SMILES string of the molecule is O=[N+]([O-])OC[C@H](O)[C@@H](O)CO[N+](=O)[O-]. The molecule has 0 aliphatic carbocycles. The van der Waals surface area contributed by atoms with Crippen molar-refractivity contribution < 1.29 is 30.1 Å². The van der Waals surface area contributed by atoms with Gasteiger partial charge in [-0.3, -0.25) is 0 Å². The number of hydrogen-bond acceptors (Lipinski definition) is 8. The maximum Gasteiger partial charge on any atom is 0.294 e. The van der Waals surface area contributed by atoms with E-state index < -0.39 is 35.6 Å². The summed E-state index contributed by atoms with van der Waals surface area (Å²) >= 11 is 0. The second-order valence-corrected chi connectivity index (χ2v) is 2.17. The molecule has 0 aliphatic rings. The van der Waals surface area contributed by atoms with Gasteiger partial charge in [0.2, 0.25) is 0 Å². The van der Waals surface area contributed by atoms with Crippen LogP contribution in [0.2, 0.25) is 0 Å². The highest BCUT2D eigenvalue weighted by atomic mass is 17.0. The summed E-state index contributed by atoms with van der Waals surface area (Å²) in [7, 11) is 0. The van der Waals surface area contributed by atoms with Gasteiger partial charge in [-0.2, -0.15) is 0 Å². The molecule has 10 nitrogen and oxygen atoms in total. The van der Waals surface area contributed by atoms with Crippen LogP contribution in [0.4, 0.5) is 0 Å². The Labute approximate surface area is 76.9 Å². The number of aliphatic hydroxyl groups is 2. The quantitative estimate of drug-likeness (QED) is 0.368. The zero-order valence-corrected chi connectivity index (χ0v) is 6.81.